The highest BCUT2D eigenvalue weighted by molar-refractivity contribution is 5.61. The van der Waals surface area contributed by atoms with Gasteiger partial charge in [-0.3, -0.25) is 4.90 Å². The van der Waals surface area contributed by atoms with Crippen LogP contribution >= 0.6 is 0 Å². The van der Waals surface area contributed by atoms with E-state index in [2.05, 4.69) is 25.0 Å². The Bertz CT molecular complexity index is 824. The summed E-state index contributed by atoms with van der Waals surface area (Å²) in [5.41, 5.74) is 7.89. The number of aromatic nitrogens is 5. The third-order valence-electron chi connectivity index (χ3n) is 4.16. The molecule has 24 heavy (non-hydrogen) atoms. The molecule has 0 saturated carbocycles. The highest BCUT2D eigenvalue weighted by Crippen LogP contribution is 2.20. The highest BCUT2D eigenvalue weighted by atomic mass is 16.5. The average molecular weight is 325 g/mol. The number of nitrogens with two attached hydrogens (primary N) is 1. The molecular formula is C16H19N7O. The van der Waals surface area contributed by atoms with Crippen LogP contribution < -0.4 is 10.5 Å². The van der Waals surface area contributed by atoms with E-state index in [1.807, 2.05) is 12.1 Å². The summed E-state index contributed by atoms with van der Waals surface area (Å²) in [6.07, 6.45) is 7.63. The Morgan fingerprint density at radius 3 is 2.62 bits per heavy atom. The Hall–Kier alpha value is -2.74. The van der Waals surface area contributed by atoms with Gasteiger partial charge < -0.3 is 10.5 Å². The van der Waals surface area contributed by atoms with Gasteiger partial charge in [0, 0.05) is 30.6 Å². The van der Waals surface area contributed by atoms with E-state index >= 15 is 0 Å². The monoisotopic (exact) mass is 325 g/mol. The Kier molecular flexibility index (Phi) is 3.96. The maximum atomic E-state index is 5.80. The lowest BCUT2D eigenvalue weighted by molar-refractivity contribution is 0.230. The highest BCUT2D eigenvalue weighted by Gasteiger charge is 2.12. The largest absolute Gasteiger partial charge is 0.475 e. The van der Waals surface area contributed by atoms with Gasteiger partial charge >= 0.3 is 0 Å². The van der Waals surface area contributed by atoms with Crippen LogP contribution in [0.3, 0.4) is 0 Å². The molecule has 1 fully saturated rings. The predicted octanol–water partition coefficient (Wildman–Crippen LogP) is 1.24. The zero-order valence-electron chi connectivity index (χ0n) is 13.3. The van der Waals surface area contributed by atoms with Crippen LogP contribution in [0.4, 0.5) is 5.95 Å². The summed E-state index contributed by atoms with van der Waals surface area (Å²) < 4.78 is 7.54. The number of likely N-dealkylation sites (tertiary alicyclic amines) is 1. The molecule has 1 aliphatic heterocycles. The van der Waals surface area contributed by atoms with Crippen molar-refractivity contribution < 1.29 is 4.74 Å². The van der Waals surface area contributed by atoms with Gasteiger partial charge in [0.15, 0.2) is 5.65 Å². The normalized spacial score (nSPS) is 15.2. The SMILES string of the molecule is Nc1ncc(-c2cnc3ccc(OCCN4CCCC4)nn23)cn1. The molecular weight excluding hydrogens is 306 g/mol. The molecule has 8 nitrogen and oxygen atoms in total. The van der Waals surface area contributed by atoms with E-state index in [9.17, 15) is 0 Å². The number of imidazole rings is 1. The lowest BCUT2D eigenvalue weighted by atomic mass is 10.3. The molecule has 4 rings (SSSR count). The van der Waals surface area contributed by atoms with Crippen molar-refractivity contribution >= 4 is 11.6 Å². The van der Waals surface area contributed by atoms with Crippen molar-refractivity contribution in [2.24, 2.45) is 0 Å². The topological polar surface area (TPSA) is 94.5 Å². The van der Waals surface area contributed by atoms with Crippen LogP contribution in [0.5, 0.6) is 5.88 Å². The van der Waals surface area contributed by atoms with Crippen LogP contribution in [-0.4, -0.2) is 55.7 Å². The summed E-state index contributed by atoms with van der Waals surface area (Å²) in [6.45, 7) is 3.90. The summed E-state index contributed by atoms with van der Waals surface area (Å²) in [5.74, 6) is 0.823. The van der Waals surface area contributed by atoms with Crippen molar-refractivity contribution in [3.8, 4) is 17.1 Å². The molecule has 0 aliphatic carbocycles. The summed E-state index contributed by atoms with van der Waals surface area (Å²) in [6, 6.07) is 3.73. The van der Waals surface area contributed by atoms with Crippen molar-refractivity contribution in [2.75, 3.05) is 32.0 Å². The van der Waals surface area contributed by atoms with E-state index in [4.69, 9.17) is 10.5 Å². The maximum absolute atomic E-state index is 5.80. The number of ether oxygens (including phenoxy) is 1. The van der Waals surface area contributed by atoms with Crippen molar-refractivity contribution in [2.45, 2.75) is 12.8 Å². The third-order valence-corrected chi connectivity index (χ3v) is 4.16. The Labute approximate surface area is 139 Å². The first kappa shape index (κ1) is 14.8. The first-order valence-corrected chi connectivity index (χ1v) is 8.07. The van der Waals surface area contributed by atoms with Gasteiger partial charge in [-0.25, -0.2) is 19.5 Å². The second kappa shape index (κ2) is 6.40. The number of rotatable bonds is 5. The average Bonchev–Trinajstić information content (AvgIpc) is 3.25. The number of hydrogen-bond donors (Lipinski definition) is 1. The van der Waals surface area contributed by atoms with Gasteiger partial charge in [-0.1, -0.05) is 0 Å². The molecule has 0 atom stereocenters. The first-order valence-electron chi connectivity index (χ1n) is 8.07. The number of nitrogen functional groups attached to an aromatic ring is 1. The van der Waals surface area contributed by atoms with Crippen molar-refractivity contribution in [3.05, 3.63) is 30.7 Å². The number of fused-ring (bicyclic) bond motifs is 1. The zero-order chi connectivity index (χ0) is 16.4. The van der Waals surface area contributed by atoms with E-state index in [0.717, 1.165) is 23.4 Å². The second-order valence-corrected chi connectivity index (χ2v) is 5.81. The molecule has 3 aromatic rings. The van der Waals surface area contributed by atoms with Gasteiger partial charge in [0.2, 0.25) is 11.8 Å². The van der Waals surface area contributed by atoms with Crippen molar-refractivity contribution in [1.82, 2.24) is 29.5 Å². The quantitative estimate of drug-likeness (QED) is 0.754. The van der Waals surface area contributed by atoms with E-state index in [0.29, 0.717) is 12.5 Å². The summed E-state index contributed by atoms with van der Waals surface area (Å²) in [4.78, 5) is 14.8. The molecule has 0 amide bonds. The van der Waals surface area contributed by atoms with Crippen LogP contribution in [0.25, 0.3) is 16.9 Å². The lowest BCUT2D eigenvalue weighted by Crippen LogP contribution is -2.25. The molecule has 2 N–H and O–H groups in total. The van der Waals surface area contributed by atoms with E-state index in [1.165, 1.54) is 25.9 Å². The van der Waals surface area contributed by atoms with E-state index < -0.39 is 0 Å². The molecule has 1 aliphatic rings. The zero-order valence-corrected chi connectivity index (χ0v) is 13.3. The lowest BCUT2D eigenvalue weighted by Gasteiger charge is -2.14. The molecule has 4 heterocycles. The third kappa shape index (κ3) is 3.00. The van der Waals surface area contributed by atoms with Crippen LogP contribution in [0.1, 0.15) is 12.8 Å². The van der Waals surface area contributed by atoms with Gasteiger partial charge in [-0.15, -0.1) is 5.10 Å². The smallest absolute Gasteiger partial charge is 0.231 e. The number of hydrogen-bond acceptors (Lipinski definition) is 7. The molecule has 0 spiro atoms. The second-order valence-electron chi connectivity index (χ2n) is 5.81. The number of nitrogens with zero attached hydrogens (tertiary/aromatic N) is 6. The summed E-state index contributed by atoms with van der Waals surface area (Å²) >= 11 is 0. The minimum atomic E-state index is 0.242. The van der Waals surface area contributed by atoms with Gasteiger partial charge in [0.05, 0.1) is 11.9 Å². The number of anilines is 1. The Morgan fingerprint density at radius 2 is 1.83 bits per heavy atom. The molecule has 3 aromatic heterocycles. The molecule has 124 valence electrons. The van der Waals surface area contributed by atoms with Gasteiger partial charge in [0.1, 0.15) is 6.61 Å². The first-order chi connectivity index (χ1) is 11.8. The van der Waals surface area contributed by atoms with Crippen molar-refractivity contribution in [3.63, 3.8) is 0 Å². The molecule has 0 aromatic carbocycles. The Balaban J connectivity index is 1.53. The fourth-order valence-corrected chi connectivity index (χ4v) is 2.89. The van der Waals surface area contributed by atoms with E-state index in [-0.39, 0.29) is 5.95 Å². The Morgan fingerprint density at radius 1 is 1.04 bits per heavy atom. The van der Waals surface area contributed by atoms with Crippen LogP contribution in [0.15, 0.2) is 30.7 Å². The van der Waals surface area contributed by atoms with Gasteiger partial charge in [0.25, 0.3) is 0 Å². The fourth-order valence-electron chi connectivity index (χ4n) is 2.89. The van der Waals surface area contributed by atoms with Crippen molar-refractivity contribution in [1.29, 1.82) is 0 Å². The summed E-state index contributed by atoms with van der Waals surface area (Å²) in [7, 11) is 0. The molecule has 0 radical (unpaired) electrons. The minimum absolute atomic E-state index is 0.242. The van der Waals surface area contributed by atoms with Crippen LogP contribution in [0.2, 0.25) is 0 Å². The van der Waals surface area contributed by atoms with Crippen LogP contribution in [-0.2, 0) is 0 Å². The molecule has 8 heteroatoms. The molecule has 1 saturated heterocycles. The van der Waals surface area contributed by atoms with Crippen LogP contribution in [0, 0.1) is 0 Å². The maximum Gasteiger partial charge on any atom is 0.231 e. The summed E-state index contributed by atoms with van der Waals surface area (Å²) in [5, 5.41) is 4.52. The minimum Gasteiger partial charge on any atom is -0.475 e. The molecule has 0 unspecified atom stereocenters. The standard InChI is InChI=1S/C16H19N7O/c17-16-19-9-12(10-20-16)13-11-18-14-3-4-15(21-23(13)14)24-8-7-22-5-1-2-6-22/h3-4,9-11H,1-2,5-8H2,(H2,17,19,20). The van der Waals surface area contributed by atoms with E-state index in [1.54, 1.807) is 23.1 Å². The van der Waals surface area contributed by atoms with Gasteiger partial charge in [-0.05, 0) is 32.0 Å². The molecule has 0 bridgehead atoms. The van der Waals surface area contributed by atoms with Gasteiger partial charge in [-0.2, -0.15) is 0 Å². The predicted molar refractivity (Wildman–Crippen MR) is 89.6 cm³/mol. The fraction of sp³-hybridized carbons (Fsp3) is 0.375.